The monoisotopic (exact) mass is 480 g/mol. The second-order valence-corrected chi connectivity index (χ2v) is 9.13. The second-order valence-electron chi connectivity index (χ2n) is 9.13. The Bertz CT molecular complexity index is 1010. The van der Waals surface area contributed by atoms with Crippen LogP contribution in [-0.4, -0.2) is 34.4 Å². The van der Waals surface area contributed by atoms with Gasteiger partial charge in [-0.2, -0.15) is 0 Å². The van der Waals surface area contributed by atoms with E-state index in [1.54, 1.807) is 52.0 Å². The van der Waals surface area contributed by atoms with Crippen molar-refractivity contribution in [2.45, 2.75) is 72.0 Å². The Hall–Kier alpha value is -3.22. The first kappa shape index (κ1) is 28.0. The molecule has 2 atom stereocenters. The average Bonchev–Trinajstić information content (AvgIpc) is 2.75. The summed E-state index contributed by atoms with van der Waals surface area (Å²) in [4.78, 5) is 24.0. The summed E-state index contributed by atoms with van der Waals surface area (Å²) < 4.78 is 10.8. The average molecular weight is 481 g/mol. The Labute approximate surface area is 207 Å². The first-order valence-electron chi connectivity index (χ1n) is 11.8. The van der Waals surface area contributed by atoms with Crippen molar-refractivity contribution in [3.63, 3.8) is 0 Å². The van der Waals surface area contributed by atoms with Crippen LogP contribution in [0.1, 0.15) is 69.2 Å². The van der Waals surface area contributed by atoms with Crippen molar-refractivity contribution in [2.24, 2.45) is 0 Å². The Morgan fingerprint density at radius 3 is 1.46 bits per heavy atom. The van der Waals surface area contributed by atoms with E-state index >= 15 is 0 Å². The Balaban J connectivity index is 2.56. The molecule has 0 bridgehead atoms. The Morgan fingerprint density at radius 1 is 0.800 bits per heavy atom. The Morgan fingerprint density at radius 2 is 1.17 bits per heavy atom. The minimum Gasteiger partial charge on any atom is -0.423 e. The normalized spacial score (nSPS) is 13.5. The summed E-state index contributed by atoms with van der Waals surface area (Å²) in [5, 5.41) is 20.3. The molecule has 2 aromatic carbocycles. The molecule has 35 heavy (non-hydrogen) atoms. The van der Waals surface area contributed by atoms with Gasteiger partial charge in [-0.25, -0.2) is 9.59 Å². The number of carbonyl (C=O) groups excluding carboxylic acids is 2. The predicted octanol–water partition coefficient (Wildman–Crippen LogP) is 5.04. The van der Waals surface area contributed by atoms with Gasteiger partial charge in [-0.15, -0.1) is 0 Å². The number of aliphatic hydroxyl groups is 2. The van der Waals surface area contributed by atoms with E-state index in [2.05, 4.69) is 20.1 Å². The molecule has 6 nitrogen and oxygen atoms in total. The molecule has 0 heterocycles. The van der Waals surface area contributed by atoms with Crippen LogP contribution in [0.2, 0.25) is 0 Å². The molecule has 188 valence electrons. The Kier molecular flexibility index (Phi) is 9.99. The third kappa shape index (κ3) is 7.91. The molecule has 2 rings (SSSR count). The maximum atomic E-state index is 12.0. The molecule has 0 spiro atoms. The van der Waals surface area contributed by atoms with Gasteiger partial charge in [0.1, 0.15) is 11.5 Å². The number of hydrogen-bond acceptors (Lipinski definition) is 6. The minimum absolute atomic E-state index is 0.0608. The molecule has 2 N–H and O–H groups in total. The van der Waals surface area contributed by atoms with Gasteiger partial charge in [0.2, 0.25) is 0 Å². The van der Waals surface area contributed by atoms with Gasteiger partial charge in [0.15, 0.2) is 0 Å². The molecule has 0 radical (unpaired) electrons. The van der Waals surface area contributed by atoms with Gasteiger partial charge in [-0.3, -0.25) is 0 Å². The van der Waals surface area contributed by atoms with Crippen LogP contribution >= 0.6 is 0 Å². The molecule has 0 aliphatic rings. The highest BCUT2D eigenvalue weighted by atomic mass is 16.5. The number of esters is 2. The minimum atomic E-state index is -0.598. The number of aliphatic hydroxyl groups excluding tert-OH is 2. The van der Waals surface area contributed by atoms with E-state index in [0.717, 1.165) is 28.7 Å². The predicted molar refractivity (Wildman–Crippen MR) is 137 cm³/mol. The molecule has 2 unspecified atom stereocenters. The van der Waals surface area contributed by atoms with Crippen LogP contribution in [0.15, 0.2) is 60.7 Å². The van der Waals surface area contributed by atoms with Crippen LogP contribution in [-0.2, 0) is 22.4 Å². The van der Waals surface area contributed by atoms with Gasteiger partial charge < -0.3 is 19.7 Å². The number of rotatable bonds is 11. The topological polar surface area (TPSA) is 93.1 Å². The van der Waals surface area contributed by atoms with Gasteiger partial charge in [0.25, 0.3) is 0 Å². The zero-order valence-electron chi connectivity index (χ0n) is 21.3. The summed E-state index contributed by atoms with van der Waals surface area (Å²) in [5.74, 6) is -0.301. The smallest absolute Gasteiger partial charge is 0.338 e. The van der Waals surface area contributed by atoms with E-state index in [1.807, 2.05) is 12.1 Å². The van der Waals surface area contributed by atoms with Crippen LogP contribution in [0.25, 0.3) is 0 Å². The van der Waals surface area contributed by atoms with Crippen molar-refractivity contribution in [2.75, 3.05) is 0 Å². The summed E-state index contributed by atoms with van der Waals surface area (Å²) in [7, 11) is 0. The van der Waals surface area contributed by atoms with E-state index in [9.17, 15) is 19.8 Å². The van der Waals surface area contributed by atoms with E-state index in [-0.39, 0.29) is 5.92 Å². The molecule has 0 fully saturated rings. The fourth-order valence-corrected chi connectivity index (χ4v) is 3.96. The zero-order chi connectivity index (χ0) is 26.3. The molecule has 0 aromatic heterocycles. The van der Waals surface area contributed by atoms with E-state index in [1.165, 1.54) is 0 Å². The van der Waals surface area contributed by atoms with Crippen LogP contribution in [0.3, 0.4) is 0 Å². The lowest BCUT2D eigenvalue weighted by Crippen LogP contribution is -2.15. The highest BCUT2D eigenvalue weighted by molar-refractivity contribution is 5.89. The van der Waals surface area contributed by atoms with Gasteiger partial charge in [-0.1, -0.05) is 32.2 Å². The highest BCUT2D eigenvalue weighted by Gasteiger charge is 2.22. The van der Waals surface area contributed by atoms with Crippen LogP contribution in [0.5, 0.6) is 11.5 Å². The first-order valence-corrected chi connectivity index (χ1v) is 11.8. The molecule has 0 saturated carbocycles. The number of benzene rings is 2. The van der Waals surface area contributed by atoms with Gasteiger partial charge in [-0.05, 0) is 93.5 Å². The van der Waals surface area contributed by atoms with Crippen molar-refractivity contribution in [3.05, 3.63) is 83.0 Å². The summed E-state index contributed by atoms with van der Waals surface area (Å²) in [6, 6.07) is 10.9. The summed E-state index contributed by atoms with van der Waals surface area (Å²) in [6.07, 6.45) is 0.308. The quantitative estimate of drug-likeness (QED) is 0.266. The van der Waals surface area contributed by atoms with E-state index in [0.29, 0.717) is 35.5 Å². The zero-order valence-corrected chi connectivity index (χ0v) is 21.3. The maximum absolute atomic E-state index is 12.0. The van der Waals surface area contributed by atoms with Crippen molar-refractivity contribution in [3.8, 4) is 11.5 Å². The fraction of sp³-hybridized carbons (Fsp3) is 0.379. The summed E-state index contributed by atoms with van der Waals surface area (Å²) in [6.45, 7) is 15.9. The highest BCUT2D eigenvalue weighted by Crippen LogP contribution is 2.36. The molecular formula is C29H36O6. The molecule has 0 aliphatic carbocycles. The molecule has 6 heteroatoms. The third-order valence-corrected chi connectivity index (χ3v) is 5.54. The van der Waals surface area contributed by atoms with Crippen molar-refractivity contribution < 1.29 is 29.3 Å². The van der Waals surface area contributed by atoms with Crippen molar-refractivity contribution in [1.29, 1.82) is 0 Å². The lowest BCUT2D eigenvalue weighted by Gasteiger charge is -2.24. The van der Waals surface area contributed by atoms with Crippen LogP contribution in [0, 0.1) is 0 Å². The summed E-state index contributed by atoms with van der Waals surface area (Å²) >= 11 is 0. The largest absolute Gasteiger partial charge is 0.423 e. The van der Waals surface area contributed by atoms with Crippen molar-refractivity contribution in [1.82, 2.24) is 0 Å². The fourth-order valence-electron chi connectivity index (χ4n) is 3.96. The first-order chi connectivity index (χ1) is 16.4. The standard InChI is InChI=1S/C29H36O6/c1-8-25(26-11-9-23(34-28(32)17(2)3)15-21(26)13-19(6)30)27-12-10-24(35-29(33)18(4)5)16-22(27)14-20(7)31/h9-12,15-16,19-20,25,30-31H,2,4,8,13-14H2,1,3,5-7H3. The van der Waals surface area contributed by atoms with Crippen molar-refractivity contribution >= 4 is 11.9 Å². The van der Waals surface area contributed by atoms with E-state index in [4.69, 9.17) is 9.47 Å². The SMILES string of the molecule is C=C(C)C(=O)Oc1ccc(C(CC)c2ccc(OC(=O)C(=C)C)cc2CC(C)O)c(CC(C)O)c1. The molecule has 0 saturated heterocycles. The van der Waals surface area contributed by atoms with Crippen LogP contribution < -0.4 is 9.47 Å². The number of carbonyl (C=O) groups is 2. The van der Waals surface area contributed by atoms with Gasteiger partial charge in [0, 0.05) is 17.1 Å². The number of hydrogen-bond donors (Lipinski definition) is 2. The summed E-state index contributed by atoms with van der Waals surface area (Å²) in [5.41, 5.74) is 4.30. The third-order valence-electron chi connectivity index (χ3n) is 5.54. The van der Waals surface area contributed by atoms with Gasteiger partial charge >= 0.3 is 11.9 Å². The molecule has 0 aliphatic heterocycles. The molecule has 0 amide bonds. The maximum Gasteiger partial charge on any atom is 0.338 e. The van der Waals surface area contributed by atoms with E-state index < -0.39 is 24.1 Å². The number of ether oxygens (including phenoxy) is 2. The molecule has 2 aromatic rings. The van der Waals surface area contributed by atoms with Crippen LogP contribution in [0.4, 0.5) is 0 Å². The lowest BCUT2D eigenvalue weighted by atomic mass is 9.81. The molecular weight excluding hydrogens is 444 g/mol. The lowest BCUT2D eigenvalue weighted by molar-refractivity contribution is -0.130. The second kappa shape index (κ2) is 12.5. The van der Waals surface area contributed by atoms with Gasteiger partial charge in [0.05, 0.1) is 12.2 Å².